The van der Waals surface area contributed by atoms with Crippen LogP contribution in [0, 0.1) is 0 Å². The SMILES string of the molecule is CCOCCCCCl.Cl. The lowest BCUT2D eigenvalue weighted by molar-refractivity contribution is 0.144. The molecule has 0 N–H and O–H groups in total. The van der Waals surface area contributed by atoms with E-state index in [1.54, 1.807) is 0 Å². The van der Waals surface area contributed by atoms with Gasteiger partial charge >= 0.3 is 0 Å². The molecule has 0 aliphatic carbocycles. The second-order valence-corrected chi connectivity index (χ2v) is 1.97. The van der Waals surface area contributed by atoms with Gasteiger partial charge in [-0.25, -0.2) is 0 Å². The van der Waals surface area contributed by atoms with Gasteiger partial charge in [0.1, 0.15) is 0 Å². The van der Waals surface area contributed by atoms with E-state index >= 15 is 0 Å². The minimum absolute atomic E-state index is 0. The largest absolute Gasteiger partial charge is 0.382 e. The van der Waals surface area contributed by atoms with Gasteiger partial charge in [-0.15, -0.1) is 24.0 Å². The van der Waals surface area contributed by atoms with Gasteiger partial charge in [-0.2, -0.15) is 0 Å². The number of unbranched alkanes of at least 4 members (excludes halogenated alkanes) is 1. The fourth-order valence-electron chi connectivity index (χ4n) is 0.443. The highest BCUT2D eigenvalue weighted by Gasteiger charge is 1.83. The molecule has 0 amide bonds. The molecule has 0 aliphatic rings. The van der Waals surface area contributed by atoms with E-state index in [2.05, 4.69) is 0 Å². The summed E-state index contributed by atoms with van der Waals surface area (Å²) in [5.74, 6) is 0.757. The number of ether oxygens (including phenoxy) is 1. The molecule has 0 radical (unpaired) electrons. The lowest BCUT2D eigenvalue weighted by atomic mass is 10.4. The average molecular weight is 173 g/mol. The third-order valence-corrected chi connectivity index (χ3v) is 1.14. The Morgan fingerprint density at radius 2 is 2.00 bits per heavy atom. The highest BCUT2D eigenvalue weighted by molar-refractivity contribution is 6.17. The summed E-state index contributed by atoms with van der Waals surface area (Å²) < 4.78 is 5.08. The van der Waals surface area contributed by atoms with Gasteiger partial charge < -0.3 is 4.74 Å². The number of hydrogen-bond acceptors (Lipinski definition) is 1. The fourth-order valence-corrected chi connectivity index (χ4v) is 0.632. The first-order valence-corrected chi connectivity index (χ1v) is 3.59. The van der Waals surface area contributed by atoms with Crippen LogP contribution in [0.1, 0.15) is 19.8 Å². The number of halogens is 2. The first-order chi connectivity index (χ1) is 3.91. The predicted octanol–water partition coefficient (Wildman–Crippen LogP) is 2.46. The summed E-state index contributed by atoms with van der Waals surface area (Å²) in [5, 5.41) is 0. The maximum atomic E-state index is 5.42. The molecule has 0 unspecified atom stereocenters. The zero-order valence-electron chi connectivity index (χ0n) is 5.73. The van der Waals surface area contributed by atoms with Crippen molar-refractivity contribution in [1.82, 2.24) is 0 Å². The van der Waals surface area contributed by atoms with Gasteiger partial charge in [0, 0.05) is 19.1 Å². The molecule has 58 valence electrons. The van der Waals surface area contributed by atoms with E-state index in [9.17, 15) is 0 Å². The van der Waals surface area contributed by atoms with Crippen LogP contribution in [0.5, 0.6) is 0 Å². The standard InChI is InChI=1S/C6H13ClO.ClH/c1-2-8-6-4-3-5-7;/h2-6H2,1H3;1H. The van der Waals surface area contributed by atoms with Crippen LogP contribution in [0.25, 0.3) is 0 Å². The van der Waals surface area contributed by atoms with Crippen molar-refractivity contribution < 1.29 is 4.74 Å². The molecule has 0 spiro atoms. The first kappa shape index (κ1) is 12.2. The molecule has 0 fully saturated rings. The number of rotatable bonds is 5. The Morgan fingerprint density at radius 1 is 1.33 bits per heavy atom. The molecule has 0 saturated heterocycles. The van der Waals surface area contributed by atoms with Crippen molar-refractivity contribution in [1.29, 1.82) is 0 Å². The van der Waals surface area contributed by atoms with Gasteiger partial charge in [0.15, 0.2) is 0 Å². The maximum absolute atomic E-state index is 5.42. The van der Waals surface area contributed by atoms with Gasteiger partial charge in [-0.3, -0.25) is 0 Å². The quantitative estimate of drug-likeness (QED) is 0.458. The highest BCUT2D eigenvalue weighted by atomic mass is 35.5. The van der Waals surface area contributed by atoms with Crippen LogP contribution in [-0.2, 0) is 4.74 Å². The maximum Gasteiger partial charge on any atom is 0.0466 e. The second-order valence-electron chi connectivity index (χ2n) is 1.59. The first-order valence-electron chi connectivity index (χ1n) is 3.05. The van der Waals surface area contributed by atoms with Crippen LogP contribution < -0.4 is 0 Å². The highest BCUT2D eigenvalue weighted by Crippen LogP contribution is 1.91. The Bertz CT molecular complexity index is 36.0. The van der Waals surface area contributed by atoms with Gasteiger partial charge in [-0.1, -0.05) is 0 Å². The van der Waals surface area contributed by atoms with Gasteiger partial charge in [0.05, 0.1) is 0 Å². The lowest BCUT2D eigenvalue weighted by Gasteiger charge is -1.96. The lowest BCUT2D eigenvalue weighted by Crippen LogP contribution is -1.92. The van der Waals surface area contributed by atoms with Crippen LogP contribution >= 0.6 is 24.0 Å². The van der Waals surface area contributed by atoms with E-state index in [-0.39, 0.29) is 12.4 Å². The smallest absolute Gasteiger partial charge is 0.0466 e. The Morgan fingerprint density at radius 3 is 2.44 bits per heavy atom. The Kier molecular flexibility index (Phi) is 15.4. The molecule has 0 atom stereocenters. The summed E-state index contributed by atoms with van der Waals surface area (Å²) >= 11 is 5.42. The molecule has 0 bridgehead atoms. The van der Waals surface area contributed by atoms with Crippen molar-refractivity contribution in [3.8, 4) is 0 Å². The molecule has 0 rings (SSSR count). The summed E-state index contributed by atoms with van der Waals surface area (Å²) in [5.41, 5.74) is 0. The molecule has 0 aliphatic heterocycles. The van der Waals surface area contributed by atoms with Crippen molar-refractivity contribution in [2.24, 2.45) is 0 Å². The zero-order valence-corrected chi connectivity index (χ0v) is 7.30. The molecule has 0 aromatic rings. The molecule has 0 saturated carbocycles. The van der Waals surface area contributed by atoms with E-state index in [0.717, 1.165) is 31.9 Å². The van der Waals surface area contributed by atoms with Crippen molar-refractivity contribution in [3.63, 3.8) is 0 Å². The summed E-state index contributed by atoms with van der Waals surface area (Å²) in [6.07, 6.45) is 2.17. The molecule has 1 nitrogen and oxygen atoms in total. The van der Waals surface area contributed by atoms with E-state index in [1.165, 1.54) is 0 Å². The molecule has 0 heterocycles. The molecule has 9 heavy (non-hydrogen) atoms. The average Bonchev–Trinajstić information content (AvgIpc) is 1.81. The molecule has 3 heteroatoms. The second kappa shape index (κ2) is 11.4. The summed E-state index contributed by atoms with van der Waals surface area (Å²) in [6.45, 7) is 3.69. The van der Waals surface area contributed by atoms with Crippen molar-refractivity contribution in [3.05, 3.63) is 0 Å². The molecule has 0 aromatic heterocycles. The monoisotopic (exact) mass is 172 g/mol. The molecule has 0 aromatic carbocycles. The van der Waals surface area contributed by atoms with Crippen LogP contribution in [0.4, 0.5) is 0 Å². The van der Waals surface area contributed by atoms with Crippen molar-refractivity contribution in [2.45, 2.75) is 19.8 Å². The van der Waals surface area contributed by atoms with E-state index in [1.807, 2.05) is 6.92 Å². The zero-order chi connectivity index (χ0) is 6.24. The normalized spacial score (nSPS) is 8.67. The Balaban J connectivity index is 0. The van der Waals surface area contributed by atoms with Crippen LogP contribution in [0.3, 0.4) is 0 Å². The van der Waals surface area contributed by atoms with Gasteiger partial charge in [0.25, 0.3) is 0 Å². The summed E-state index contributed by atoms with van der Waals surface area (Å²) in [4.78, 5) is 0. The molecular weight excluding hydrogens is 159 g/mol. The van der Waals surface area contributed by atoms with Crippen molar-refractivity contribution in [2.75, 3.05) is 19.1 Å². The Labute approximate surface area is 68.1 Å². The van der Waals surface area contributed by atoms with E-state index in [4.69, 9.17) is 16.3 Å². The van der Waals surface area contributed by atoms with Crippen molar-refractivity contribution >= 4 is 24.0 Å². The minimum atomic E-state index is 0. The fraction of sp³-hybridized carbons (Fsp3) is 1.00. The van der Waals surface area contributed by atoms with Gasteiger partial charge in [-0.05, 0) is 19.8 Å². The van der Waals surface area contributed by atoms with Gasteiger partial charge in [0.2, 0.25) is 0 Å². The topological polar surface area (TPSA) is 9.23 Å². The van der Waals surface area contributed by atoms with E-state index < -0.39 is 0 Å². The third-order valence-electron chi connectivity index (χ3n) is 0.876. The predicted molar refractivity (Wildman–Crippen MR) is 43.7 cm³/mol. The third kappa shape index (κ3) is 11.9. The summed E-state index contributed by atoms with van der Waals surface area (Å²) in [7, 11) is 0. The van der Waals surface area contributed by atoms with E-state index in [0.29, 0.717) is 0 Å². The van der Waals surface area contributed by atoms with Crippen LogP contribution in [0.15, 0.2) is 0 Å². The number of hydrogen-bond donors (Lipinski definition) is 0. The Hall–Kier alpha value is 0.540. The minimum Gasteiger partial charge on any atom is -0.382 e. The summed E-state index contributed by atoms with van der Waals surface area (Å²) in [6, 6.07) is 0. The van der Waals surface area contributed by atoms with Crippen LogP contribution in [0.2, 0.25) is 0 Å². The number of alkyl halides is 1. The van der Waals surface area contributed by atoms with Crippen LogP contribution in [-0.4, -0.2) is 19.1 Å². The molecular formula is C6H14Cl2O.